The van der Waals surface area contributed by atoms with Gasteiger partial charge in [0.1, 0.15) is 0 Å². The van der Waals surface area contributed by atoms with Crippen LogP contribution in [0.25, 0.3) is 0 Å². The smallest absolute Gasteiger partial charge is 0.0657 e. The minimum Gasteiger partial charge on any atom is -0.378 e. The van der Waals surface area contributed by atoms with Crippen molar-refractivity contribution in [1.29, 1.82) is 0 Å². The zero-order valence-electron chi connectivity index (χ0n) is 17.2. The molecule has 1 saturated heterocycles. The van der Waals surface area contributed by atoms with Crippen LogP contribution in [-0.4, -0.2) is 32.8 Å². The summed E-state index contributed by atoms with van der Waals surface area (Å²) in [4.78, 5) is 2.14. The van der Waals surface area contributed by atoms with E-state index < -0.39 is 0 Å². The molecule has 3 nitrogen and oxygen atoms in total. The van der Waals surface area contributed by atoms with Crippen molar-refractivity contribution < 1.29 is 4.74 Å². The lowest BCUT2D eigenvalue weighted by Crippen LogP contribution is -2.46. The first kappa shape index (κ1) is 20.3. The Morgan fingerprint density at radius 1 is 1.20 bits per heavy atom. The van der Waals surface area contributed by atoms with Crippen molar-refractivity contribution in [3.05, 3.63) is 29.8 Å². The number of hydrogen-bond donors (Lipinski definition) is 1. The molecule has 0 aromatic heterocycles. The second kappa shape index (κ2) is 8.55. The zero-order valence-corrected chi connectivity index (χ0v) is 17.2. The van der Waals surface area contributed by atoms with Crippen molar-refractivity contribution in [1.82, 2.24) is 5.32 Å². The third-order valence-corrected chi connectivity index (χ3v) is 6.33. The lowest BCUT2D eigenvalue weighted by molar-refractivity contribution is -0.132. The second-order valence-electron chi connectivity index (χ2n) is 8.58. The summed E-state index contributed by atoms with van der Waals surface area (Å²) in [5.74, 6) is 0.698. The third-order valence-electron chi connectivity index (χ3n) is 6.33. The van der Waals surface area contributed by atoms with Crippen molar-refractivity contribution in [3.8, 4) is 0 Å². The van der Waals surface area contributed by atoms with Crippen molar-refractivity contribution in [3.63, 3.8) is 0 Å². The van der Waals surface area contributed by atoms with E-state index in [0.717, 1.165) is 26.1 Å². The third kappa shape index (κ3) is 5.21. The molecule has 1 N–H and O–H groups in total. The summed E-state index contributed by atoms with van der Waals surface area (Å²) in [6.07, 6.45) is 4.72. The zero-order chi connectivity index (χ0) is 18.5. The standard InChI is InChI=1S/C22H38N2O/c1-7-21(4)17-22(18(2)3,13-15-25-21)12-14-23-16-19-8-10-20(11-9-19)24(5)6/h8-11,18,23H,7,12-17H2,1-6H3/t21-,22-/m0/s1. The van der Waals surface area contributed by atoms with Crippen LogP contribution in [0.2, 0.25) is 0 Å². The number of benzene rings is 1. The Morgan fingerprint density at radius 2 is 1.88 bits per heavy atom. The van der Waals surface area contributed by atoms with Crippen LogP contribution in [0.5, 0.6) is 0 Å². The Kier molecular flexibility index (Phi) is 6.93. The molecule has 2 rings (SSSR count). The summed E-state index contributed by atoms with van der Waals surface area (Å²) in [7, 11) is 4.16. The summed E-state index contributed by atoms with van der Waals surface area (Å²) in [6, 6.07) is 8.84. The highest BCUT2D eigenvalue weighted by Gasteiger charge is 2.43. The summed E-state index contributed by atoms with van der Waals surface area (Å²) in [5, 5.41) is 3.67. The summed E-state index contributed by atoms with van der Waals surface area (Å²) in [5.41, 5.74) is 3.08. The molecule has 1 aromatic carbocycles. The first-order chi connectivity index (χ1) is 11.8. The largest absolute Gasteiger partial charge is 0.378 e. The molecule has 25 heavy (non-hydrogen) atoms. The van der Waals surface area contributed by atoms with E-state index >= 15 is 0 Å². The van der Waals surface area contributed by atoms with Gasteiger partial charge in [0.15, 0.2) is 0 Å². The van der Waals surface area contributed by atoms with E-state index in [1.807, 2.05) is 0 Å². The number of anilines is 1. The Bertz CT molecular complexity index is 525. The molecule has 142 valence electrons. The van der Waals surface area contributed by atoms with Crippen LogP contribution in [0.4, 0.5) is 5.69 Å². The van der Waals surface area contributed by atoms with Gasteiger partial charge in [0.2, 0.25) is 0 Å². The van der Waals surface area contributed by atoms with Gasteiger partial charge in [-0.25, -0.2) is 0 Å². The quantitative estimate of drug-likeness (QED) is 0.681. The summed E-state index contributed by atoms with van der Waals surface area (Å²) in [6.45, 7) is 12.3. The normalized spacial score (nSPS) is 26.8. The van der Waals surface area contributed by atoms with E-state index in [0.29, 0.717) is 11.3 Å². The molecule has 0 saturated carbocycles. The molecule has 1 heterocycles. The number of ether oxygens (including phenoxy) is 1. The van der Waals surface area contributed by atoms with Crippen LogP contribution in [0, 0.1) is 11.3 Å². The maximum Gasteiger partial charge on any atom is 0.0657 e. The van der Waals surface area contributed by atoms with E-state index in [4.69, 9.17) is 4.74 Å². The predicted octanol–water partition coefficient (Wildman–Crippen LogP) is 4.85. The van der Waals surface area contributed by atoms with Gasteiger partial charge in [-0.2, -0.15) is 0 Å². The van der Waals surface area contributed by atoms with Crippen LogP contribution in [0.15, 0.2) is 24.3 Å². The van der Waals surface area contributed by atoms with Gasteiger partial charge >= 0.3 is 0 Å². The van der Waals surface area contributed by atoms with Gasteiger partial charge < -0.3 is 15.0 Å². The molecule has 0 aliphatic carbocycles. The van der Waals surface area contributed by atoms with Gasteiger partial charge in [-0.05, 0) is 68.2 Å². The number of hydrogen-bond acceptors (Lipinski definition) is 3. The maximum absolute atomic E-state index is 6.10. The SMILES string of the molecule is CC[C@@]1(C)C[C@@](CCNCc2ccc(N(C)C)cc2)(C(C)C)CCO1. The van der Waals surface area contributed by atoms with Gasteiger partial charge in [0.25, 0.3) is 0 Å². The average Bonchev–Trinajstić information content (AvgIpc) is 2.59. The number of nitrogens with one attached hydrogen (secondary N) is 1. The molecular weight excluding hydrogens is 308 g/mol. The molecule has 3 heteroatoms. The van der Waals surface area contributed by atoms with Gasteiger partial charge in [-0.15, -0.1) is 0 Å². The predicted molar refractivity (Wildman–Crippen MR) is 108 cm³/mol. The fourth-order valence-corrected chi connectivity index (χ4v) is 4.09. The fraction of sp³-hybridized carbons (Fsp3) is 0.727. The molecule has 0 spiro atoms. The minimum absolute atomic E-state index is 0.0600. The fourth-order valence-electron chi connectivity index (χ4n) is 4.09. The van der Waals surface area contributed by atoms with Crippen LogP contribution < -0.4 is 10.2 Å². The molecule has 2 atom stereocenters. The molecule has 0 unspecified atom stereocenters. The Balaban J connectivity index is 1.87. The molecule has 0 radical (unpaired) electrons. The average molecular weight is 347 g/mol. The van der Waals surface area contributed by atoms with E-state index in [1.54, 1.807) is 0 Å². The van der Waals surface area contributed by atoms with Crippen molar-refractivity contribution in [2.24, 2.45) is 11.3 Å². The van der Waals surface area contributed by atoms with Gasteiger partial charge in [-0.3, -0.25) is 0 Å². The lowest BCUT2D eigenvalue weighted by Gasteiger charge is -2.49. The number of rotatable bonds is 8. The van der Waals surface area contributed by atoms with Crippen molar-refractivity contribution in [2.45, 2.75) is 65.5 Å². The van der Waals surface area contributed by atoms with Crippen LogP contribution in [0.3, 0.4) is 0 Å². The second-order valence-corrected chi connectivity index (χ2v) is 8.58. The highest BCUT2D eigenvalue weighted by Crippen LogP contribution is 2.47. The molecule has 0 bridgehead atoms. The Hall–Kier alpha value is -1.06. The van der Waals surface area contributed by atoms with Gasteiger partial charge in [0.05, 0.1) is 5.60 Å². The summed E-state index contributed by atoms with van der Waals surface area (Å²) >= 11 is 0. The van der Waals surface area contributed by atoms with E-state index in [1.165, 1.54) is 30.5 Å². The maximum atomic E-state index is 6.10. The van der Waals surface area contributed by atoms with Crippen molar-refractivity contribution in [2.75, 3.05) is 32.1 Å². The van der Waals surface area contributed by atoms with Crippen molar-refractivity contribution >= 4 is 5.69 Å². The molecule has 0 amide bonds. The Morgan fingerprint density at radius 3 is 2.44 bits per heavy atom. The number of nitrogens with zero attached hydrogens (tertiary/aromatic N) is 1. The van der Waals surface area contributed by atoms with E-state index in [2.05, 4.69) is 76.3 Å². The molecule has 1 fully saturated rings. The highest BCUT2D eigenvalue weighted by molar-refractivity contribution is 5.45. The van der Waals surface area contributed by atoms with Gasteiger partial charge in [0, 0.05) is 32.9 Å². The van der Waals surface area contributed by atoms with Gasteiger partial charge in [-0.1, -0.05) is 32.9 Å². The molecular formula is C22H38N2O. The van der Waals surface area contributed by atoms with Crippen LogP contribution in [0.1, 0.15) is 58.9 Å². The van der Waals surface area contributed by atoms with E-state index in [9.17, 15) is 0 Å². The monoisotopic (exact) mass is 346 g/mol. The van der Waals surface area contributed by atoms with Crippen LogP contribution >= 0.6 is 0 Å². The van der Waals surface area contributed by atoms with Crippen LogP contribution in [-0.2, 0) is 11.3 Å². The highest BCUT2D eigenvalue weighted by atomic mass is 16.5. The first-order valence-electron chi connectivity index (χ1n) is 9.91. The molecule has 1 aliphatic heterocycles. The molecule has 1 aromatic rings. The Labute approximate surface area is 155 Å². The summed E-state index contributed by atoms with van der Waals surface area (Å²) < 4.78 is 6.10. The first-order valence-corrected chi connectivity index (χ1v) is 9.91. The van der Waals surface area contributed by atoms with E-state index in [-0.39, 0.29) is 5.60 Å². The lowest BCUT2D eigenvalue weighted by atomic mass is 9.64. The molecule has 1 aliphatic rings. The minimum atomic E-state index is 0.0600. The topological polar surface area (TPSA) is 24.5 Å².